The van der Waals surface area contributed by atoms with Crippen LogP contribution in [0, 0.1) is 0 Å². The molecule has 2 aromatic carbocycles. The Labute approximate surface area is 251 Å². The first-order chi connectivity index (χ1) is 20.9. The van der Waals surface area contributed by atoms with E-state index in [1.54, 1.807) is 58.4 Å². The van der Waals surface area contributed by atoms with Crippen LogP contribution in [-0.4, -0.2) is 87.0 Å². The fourth-order valence-electron chi connectivity index (χ4n) is 4.65. The van der Waals surface area contributed by atoms with Crippen molar-refractivity contribution in [3.63, 3.8) is 0 Å². The highest BCUT2D eigenvalue weighted by atomic mass is 16.6. The van der Waals surface area contributed by atoms with E-state index in [2.05, 4.69) is 5.32 Å². The Morgan fingerprint density at radius 2 is 1.14 bits per heavy atom. The van der Waals surface area contributed by atoms with Gasteiger partial charge in [0.1, 0.15) is 0 Å². The Morgan fingerprint density at radius 1 is 0.674 bits per heavy atom. The third kappa shape index (κ3) is 9.17. The molecule has 0 atom stereocenters. The lowest BCUT2D eigenvalue weighted by molar-refractivity contribution is -0.121. The monoisotopic (exact) mass is 591 g/mol. The summed E-state index contributed by atoms with van der Waals surface area (Å²) in [4.78, 5) is 53.0. The van der Waals surface area contributed by atoms with Gasteiger partial charge in [0.2, 0.25) is 0 Å². The van der Waals surface area contributed by atoms with Gasteiger partial charge in [-0.25, -0.2) is 9.59 Å². The minimum Gasteiger partial charge on any atom is -0.493 e. The molecule has 2 fully saturated rings. The number of benzene rings is 2. The molecule has 1 N–H and O–H groups in total. The van der Waals surface area contributed by atoms with Crippen LogP contribution in [-0.2, 0) is 9.59 Å². The number of hydrogen-bond donors (Lipinski definition) is 1. The van der Waals surface area contributed by atoms with E-state index in [0.717, 1.165) is 19.3 Å². The van der Waals surface area contributed by atoms with Crippen molar-refractivity contribution in [1.29, 1.82) is 0 Å². The normalized spacial score (nSPS) is 15.4. The average molecular weight is 592 g/mol. The number of nitrogens with zero attached hydrogens (tertiary/aromatic N) is 2. The Kier molecular flexibility index (Phi) is 11.3. The zero-order valence-corrected chi connectivity index (χ0v) is 24.5. The first-order valence-corrected chi connectivity index (χ1v) is 14.3. The van der Waals surface area contributed by atoms with Crippen molar-refractivity contribution in [3.8, 4) is 23.0 Å². The van der Waals surface area contributed by atoms with Gasteiger partial charge in [-0.1, -0.05) is 24.3 Å². The number of ketones is 2. The highest BCUT2D eigenvalue weighted by molar-refractivity contribution is 6.10. The molecular weight excluding hydrogens is 554 g/mol. The lowest BCUT2D eigenvalue weighted by Gasteiger charge is -2.26. The number of methoxy groups -OCH3 is 2. The van der Waals surface area contributed by atoms with Gasteiger partial charge in [-0.15, -0.1) is 0 Å². The number of rotatable bonds is 10. The summed E-state index contributed by atoms with van der Waals surface area (Å²) in [7, 11) is 2.94. The number of carbonyl (C=O) groups is 4. The van der Waals surface area contributed by atoms with Crippen molar-refractivity contribution >= 4 is 35.9 Å². The molecule has 11 nitrogen and oxygen atoms in total. The smallest absolute Gasteiger partial charge is 0.415 e. The highest BCUT2D eigenvalue weighted by Crippen LogP contribution is 2.30. The minimum absolute atomic E-state index is 0.277. The summed E-state index contributed by atoms with van der Waals surface area (Å²) < 4.78 is 21.8. The number of ether oxygens (including phenoxy) is 4. The molecule has 11 heteroatoms. The molecular formula is C32H37N3O8. The number of nitrogens with one attached hydrogen (secondary N) is 1. The summed E-state index contributed by atoms with van der Waals surface area (Å²) in [5, 5.41) is 3.18. The maximum Gasteiger partial charge on any atom is 0.415 e. The number of piperazine rings is 1. The fourth-order valence-corrected chi connectivity index (χ4v) is 4.65. The Hall–Kier alpha value is -4.64. The number of allylic oxidation sites excluding steroid dienone is 2. The van der Waals surface area contributed by atoms with Crippen molar-refractivity contribution in [2.24, 2.45) is 0 Å². The van der Waals surface area contributed by atoms with Crippen LogP contribution in [0.25, 0.3) is 12.2 Å². The van der Waals surface area contributed by atoms with Crippen LogP contribution >= 0.6 is 0 Å². The molecule has 0 bridgehead atoms. The van der Waals surface area contributed by atoms with Crippen LogP contribution < -0.4 is 24.3 Å². The molecule has 2 heterocycles. The van der Waals surface area contributed by atoms with Crippen LogP contribution in [0.3, 0.4) is 0 Å². The van der Waals surface area contributed by atoms with Gasteiger partial charge in [-0.05, 0) is 66.8 Å². The van der Waals surface area contributed by atoms with Crippen LogP contribution in [0.5, 0.6) is 23.0 Å². The van der Waals surface area contributed by atoms with Gasteiger partial charge in [0.25, 0.3) is 0 Å². The Morgan fingerprint density at radius 3 is 1.60 bits per heavy atom. The number of piperidine rings is 1. The van der Waals surface area contributed by atoms with Crippen molar-refractivity contribution < 1.29 is 38.1 Å². The Bertz CT molecular complexity index is 1270. The molecule has 0 radical (unpaired) electrons. The van der Waals surface area contributed by atoms with Crippen molar-refractivity contribution in [2.75, 3.05) is 53.5 Å². The number of carbonyl (C=O) groups excluding carboxylic acids is 4. The summed E-state index contributed by atoms with van der Waals surface area (Å²) in [6, 6.07) is 9.91. The predicted molar refractivity (Wildman–Crippen MR) is 161 cm³/mol. The van der Waals surface area contributed by atoms with Crippen molar-refractivity contribution in [2.45, 2.75) is 25.7 Å². The molecule has 2 aliphatic heterocycles. The zero-order valence-electron chi connectivity index (χ0n) is 24.5. The molecule has 0 aliphatic carbocycles. The first kappa shape index (κ1) is 31.3. The van der Waals surface area contributed by atoms with Crippen LogP contribution in [0.4, 0.5) is 9.59 Å². The predicted octanol–water partition coefficient (Wildman–Crippen LogP) is 4.35. The molecule has 2 saturated heterocycles. The molecule has 4 rings (SSSR count). The van der Waals surface area contributed by atoms with Gasteiger partial charge in [0.05, 0.1) is 20.6 Å². The van der Waals surface area contributed by atoms with E-state index in [4.69, 9.17) is 18.9 Å². The second-order valence-electron chi connectivity index (χ2n) is 10.1. The summed E-state index contributed by atoms with van der Waals surface area (Å²) in [6.07, 6.45) is 7.64. The largest absolute Gasteiger partial charge is 0.493 e. The van der Waals surface area contributed by atoms with Gasteiger partial charge >= 0.3 is 12.2 Å². The molecule has 0 spiro atoms. The molecule has 0 saturated carbocycles. The van der Waals surface area contributed by atoms with Gasteiger partial charge in [-0.2, -0.15) is 0 Å². The molecule has 0 aromatic heterocycles. The first-order valence-electron chi connectivity index (χ1n) is 14.3. The van der Waals surface area contributed by atoms with Crippen LogP contribution in [0.2, 0.25) is 0 Å². The van der Waals surface area contributed by atoms with Gasteiger partial charge in [0, 0.05) is 39.3 Å². The summed E-state index contributed by atoms with van der Waals surface area (Å²) in [6.45, 7) is 3.90. The molecule has 2 amide bonds. The van der Waals surface area contributed by atoms with E-state index in [1.165, 1.54) is 26.4 Å². The third-order valence-electron chi connectivity index (χ3n) is 7.03. The summed E-state index contributed by atoms with van der Waals surface area (Å²) in [5.41, 5.74) is 1.29. The second kappa shape index (κ2) is 15.5. The topological polar surface area (TPSA) is 124 Å². The lowest BCUT2D eigenvalue weighted by atomic mass is 10.1. The third-order valence-corrected chi connectivity index (χ3v) is 7.03. The van der Waals surface area contributed by atoms with Crippen molar-refractivity contribution in [1.82, 2.24) is 15.1 Å². The van der Waals surface area contributed by atoms with E-state index < -0.39 is 12.2 Å². The van der Waals surface area contributed by atoms with E-state index in [9.17, 15) is 19.2 Å². The van der Waals surface area contributed by atoms with Crippen LogP contribution in [0.15, 0.2) is 48.6 Å². The standard InChI is InChI=1S/C32H37N3O8/c1-40-29-20-23(8-12-27(29)42-31(38)34-16-4-3-5-17-34)6-10-25(36)22-26(37)11-7-24-9-13-28(30(21-24)41-2)43-32(39)35-18-14-33-15-19-35/h6-13,20-21,33H,3-5,14-19,22H2,1-2H3. The lowest BCUT2D eigenvalue weighted by Crippen LogP contribution is -2.47. The van der Waals surface area contributed by atoms with Crippen LogP contribution in [0.1, 0.15) is 36.8 Å². The maximum absolute atomic E-state index is 12.4. The quantitative estimate of drug-likeness (QED) is 0.317. The maximum atomic E-state index is 12.4. The summed E-state index contributed by atoms with van der Waals surface area (Å²) >= 11 is 0. The number of amides is 2. The number of likely N-dealkylation sites (tertiary alicyclic amines) is 1. The van der Waals surface area contributed by atoms with Gasteiger partial charge < -0.3 is 34.1 Å². The van der Waals surface area contributed by atoms with E-state index >= 15 is 0 Å². The van der Waals surface area contributed by atoms with E-state index in [1.807, 2.05) is 0 Å². The number of hydrogen-bond acceptors (Lipinski definition) is 9. The van der Waals surface area contributed by atoms with E-state index in [0.29, 0.717) is 67.6 Å². The fraction of sp³-hybridized carbons (Fsp3) is 0.375. The minimum atomic E-state index is -0.449. The molecule has 2 aliphatic rings. The van der Waals surface area contributed by atoms with Crippen molar-refractivity contribution in [3.05, 3.63) is 59.7 Å². The molecule has 43 heavy (non-hydrogen) atoms. The zero-order chi connectivity index (χ0) is 30.6. The molecule has 2 aromatic rings. The average Bonchev–Trinajstić information content (AvgIpc) is 3.04. The van der Waals surface area contributed by atoms with E-state index in [-0.39, 0.29) is 23.7 Å². The molecule has 0 unspecified atom stereocenters. The highest BCUT2D eigenvalue weighted by Gasteiger charge is 2.21. The van der Waals surface area contributed by atoms with Gasteiger partial charge in [0.15, 0.2) is 34.6 Å². The summed E-state index contributed by atoms with van der Waals surface area (Å²) in [5.74, 6) is 0.532. The second-order valence-corrected chi connectivity index (χ2v) is 10.1. The molecule has 228 valence electrons. The SMILES string of the molecule is COc1cc(C=CC(=O)CC(=O)C=Cc2ccc(OC(=O)N3CCNCC3)c(OC)c2)ccc1OC(=O)N1CCCCC1. The Balaban J connectivity index is 1.29. The van der Waals surface area contributed by atoms with Gasteiger partial charge in [-0.3, -0.25) is 9.59 Å².